The number of fused-ring (bicyclic) bond motifs is 1. The second-order valence-corrected chi connectivity index (χ2v) is 5.13. The Balaban J connectivity index is 1.72. The summed E-state index contributed by atoms with van der Waals surface area (Å²) in [6.45, 7) is 1.99. The van der Waals surface area contributed by atoms with Gasteiger partial charge in [-0.05, 0) is 37.3 Å². The van der Waals surface area contributed by atoms with Crippen LogP contribution in [0.2, 0.25) is 5.02 Å². The summed E-state index contributed by atoms with van der Waals surface area (Å²) in [7, 11) is 0. The minimum absolute atomic E-state index is 0.357. The second-order valence-electron chi connectivity index (χ2n) is 4.69. The highest BCUT2D eigenvalue weighted by molar-refractivity contribution is 6.31. The van der Waals surface area contributed by atoms with Gasteiger partial charge in [-0.15, -0.1) is 0 Å². The van der Waals surface area contributed by atoms with Crippen molar-refractivity contribution in [3.8, 4) is 0 Å². The molecule has 0 aliphatic carbocycles. The maximum atomic E-state index is 11.9. The van der Waals surface area contributed by atoms with Gasteiger partial charge in [-0.1, -0.05) is 29.3 Å². The van der Waals surface area contributed by atoms with E-state index in [1.165, 1.54) is 0 Å². The zero-order valence-electron chi connectivity index (χ0n) is 11.3. The van der Waals surface area contributed by atoms with E-state index in [-0.39, 0.29) is 6.03 Å². The molecule has 0 spiro atoms. The third-order valence-electron chi connectivity index (χ3n) is 2.99. The third kappa shape index (κ3) is 3.14. The fraction of sp³-hybridized carbons (Fsp3) is 0.0667. The molecule has 0 aliphatic heterocycles. The number of carbonyl (C=O) groups is 1. The van der Waals surface area contributed by atoms with Crippen LogP contribution in [0, 0.1) is 6.92 Å². The Morgan fingerprint density at radius 3 is 2.67 bits per heavy atom. The summed E-state index contributed by atoms with van der Waals surface area (Å²) in [4.78, 5) is 19.2. The first-order valence-electron chi connectivity index (χ1n) is 6.40. The summed E-state index contributed by atoms with van der Waals surface area (Å²) in [5.41, 5.74) is 3.37. The Morgan fingerprint density at radius 1 is 1.14 bits per heavy atom. The van der Waals surface area contributed by atoms with Gasteiger partial charge in [0.05, 0.1) is 11.0 Å². The zero-order valence-corrected chi connectivity index (χ0v) is 12.0. The Morgan fingerprint density at radius 2 is 1.90 bits per heavy atom. The lowest BCUT2D eigenvalue weighted by Gasteiger charge is -2.05. The van der Waals surface area contributed by atoms with Crippen LogP contribution in [0.4, 0.5) is 16.4 Å². The lowest BCUT2D eigenvalue weighted by Crippen LogP contribution is -2.20. The maximum absolute atomic E-state index is 11.9. The number of aromatic nitrogens is 2. The van der Waals surface area contributed by atoms with Crippen LogP contribution in [0.1, 0.15) is 5.56 Å². The van der Waals surface area contributed by atoms with E-state index in [4.69, 9.17) is 11.6 Å². The molecule has 0 atom stereocenters. The van der Waals surface area contributed by atoms with Crippen molar-refractivity contribution in [2.24, 2.45) is 0 Å². The van der Waals surface area contributed by atoms with E-state index in [2.05, 4.69) is 20.6 Å². The smallest absolute Gasteiger partial charge is 0.324 e. The van der Waals surface area contributed by atoms with Crippen LogP contribution in [-0.4, -0.2) is 16.0 Å². The van der Waals surface area contributed by atoms with Crippen LogP contribution in [0.25, 0.3) is 11.0 Å². The van der Waals surface area contributed by atoms with Gasteiger partial charge in [-0.3, -0.25) is 5.32 Å². The molecule has 5 nitrogen and oxygen atoms in total. The van der Waals surface area contributed by atoms with Gasteiger partial charge in [0.15, 0.2) is 0 Å². The van der Waals surface area contributed by atoms with Crippen LogP contribution in [0.15, 0.2) is 42.5 Å². The van der Waals surface area contributed by atoms with Gasteiger partial charge >= 0.3 is 6.03 Å². The van der Waals surface area contributed by atoms with Crippen molar-refractivity contribution in [1.82, 2.24) is 9.97 Å². The number of nitrogens with one attached hydrogen (secondary N) is 3. The minimum Gasteiger partial charge on any atom is -0.324 e. The monoisotopic (exact) mass is 300 g/mol. The Labute approximate surface area is 126 Å². The molecule has 3 aromatic rings. The number of benzene rings is 2. The molecule has 3 N–H and O–H groups in total. The quantitative estimate of drug-likeness (QED) is 0.665. The summed E-state index contributed by atoms with van der Waals surface area (Å²) in [6.07, 6.45) is 0. The number of urea groups is 1. The SMILES string of the molecule is Cc1ccc(NC(=O)Nc2nc3ccc(Cl)cc3[nH]2)cc1. The number of nitrogens with zero attached hydrogens (tertiary/aromatic N) is 1. The molecule has 106 valence electrons. The Hall–Kier alpha value is -2.53. The lowest BCUT2D eigenvalue weighted by molar-refractivity contribution is 0.262. The summed E-state index contributed by atoms with van der Waals surface area (Å²) in [5, 5.41) is 6.00. The van der Waals surface area contributed by atoms with Gasteiger partial charge in [-0.25, -0.2) is 9.78 Å². The van der Waals surface area contributed by atoms with Gasteiger partial charge in [0.2, 0.25) is 5.95 Å². The molecule has 1 heterocycles. The van der Waals surface area contributed by atoms with Gasteiger partial charge in [0, 0.05) is 10.7 Å². The van der Waals surface area contributed by atoms with E-state index in [1.54, 1.807) is 18.2 Å². The van der Waals surface area contributed by atoms with Crippen molar-refractivity contribution in [3.63, 3.8) is 0 Å². The molecular weight excluding hydrogens is 288 g/mol. The molecule has 0 unspecified atom stereocenters. The molecule has 0 radical (unpaired) electrons. The van der Waals surface area contributed by atoms with E-state index in [0.717, 1.165) is 22.3 Å². The first-order valence-corrected chi connectivity index (χ1v) is 6.78. The lowest BCUT2D eigenvalue weighted by atomic mass is 10.2. The van der Waals surface area contributed by atoms with Crippen LogP contribution >= 0.6 is 11.6 Å². The summed E-state index contributed by atoms with van der Waals surface area (Å²) in [6, 6.07) is 12.5. The minimum atomic E-state index is -0.357. The highest BCUT2D eigenvalue weighted by atomic mass is 35.5. The molecule has 6 heteroatoms. The maximum Gasteiger partial charge on any atom is 0.326 e. The molecule has 0 fully saturated rings. The van der Waals surface area contributed by atoms with Crippen LogP contribution in [0.3, 0.4) is 0 Å². The normalized spacial score (nSPS) is 10.6. The molecule has 2 amide bonds. The summed E-state index contributed by atoms with van der Waals surface area (Å²) < 4.78 is 0. The Kier molecular flexibility index (Phi) is 3.50. The molecule has 3 rings (SSSR count). The first kappa shape index (κ1) is 13.5. The number of rotatable bonds is 2. The average Bonchev–Trinajstić information content (AvgIpc) is 2.82. The summed E-state index contributed by atoms with van der Waals surface area (Å²) >= 11 is 5.91. The number of H-pyrrole nitrogens is 1. The Bertz CT molecular complexity index is 795. The van der Waals surface area contributed by atoms with E-state index in [9.17, 15) is 4.79 Å². The number of imidazole rings is 1. The van der Waals surface area contributed by atoms with E-state index < -0.39 is 0 Å². The van der Waals surface area contributed by atoms with Crippen molar-refractivity contribution in [3.05, 3.63) is 53.1 Å². The molecule has 2 aromatic carbocycles. The van der Waals surface area contributed by atoms with E-state index in [1.807, 2.05) is 31.2 Å². The van der Waals surface area contributed by atoms with Crippen molar-refractivity contribution >= 4 is 40.3 Å². The predicted molar refractivity (Wildman–Crippen MR) is 84.9 cm³/mol. The molecule has 1 aromatic heterocycles. The number of aryl methyl sites for hydroxylation is 1. The number of hydrogen-bond acceptors (Lipinski definition) is 2. The standard InChI is InChI=1S/C15H13ClN4O/c1-9-2-5-11(6-3-9)17-15(21)20-14-18-12-7-4-10(16)8-13(12)19-14/h2-8H,1H3,(H3,17,18,19,20,21). The van der Waals surface area contributed by atoms with Crippen LogP contribution in [-0.2, 0) is 0 Å². The molecule has 0 aliphatic rings. The van der Waals surface area contributed by atoms with Gasteiger partial charge in [0.25, 0.3) is 0 Å². The van der Waals surface area contributed by atoms with Crippen LogP contribution < -0.4 is 10.6 Å². The fourth-order valence-electron chi connectivity index (χ4n) is 1.95. The number of aromatic amines is 1. The van der Waals surface area contributed by atoms with E-state index >= 15 is 0 Å². The highest BCUT2D eigenvalue weighted by Gasteiger charge is 2.07. The van der Waals surface area contributed by atoms with Crippen LogP contribution in [0.5, 0.6) is 0 Å². The fourth-order valence-corrected chi connectivity index (χ4v) is 2.12. The van der Waals surface area contributed by atoms with Gasteiger partial charge < -0.3 is 10.3 Å². The molecule has 0 bridgehead atoms. The van der Waals surface area contributed by atoms with Crippen molar-refractivity contribution in [2.45, 2.75) is 6.92 Å². The molecule has 0 saturated heterocycles. The van der Waals surface area contributed by atoms with Crippen molar-refractivity contribution in [1.29, 1.82) is 0 Å². The number of hydrogen-bond donors (Lipinski definition) is 3. The number of anilines is 2. The van der Waals surface area contributed by atoms with Crippen molar-refractivity contribution in [2.75, 3.05) is 10.6 Å². The topological polar surface area (TPSA) is 69.8 Å². The third-order valence-corrected chi connectivity index (χ3v) is 3.22. The molecule has 21 heavy (non-hydrogen) atoms. The largest absolute Gasteiger partial charge is 0.326 e. The zero-order chi connectivity index (χ0) is 14.8. The number of halogens is 1. The highest BCUT2D eigenvalue weighted by Crippen LogP contribution is 2.19. The summed E-state index contributed by atoms with van der Waals surface area (Å²) in [5.74, 6) is 0.372. The molecular formula is C15H13ClN4O. The van der Waals surface area contributed by atoms with Gasteiger partial charge in [-0.2, -0.15) is 0 Å². The first-order chi connectivity index (χ1) is 10.1. The van der Waals surface area contributed by atoms with Gasteiger partial charge in [0.1, 0.15) is 0 Å². The second kappa shape index (κ2) is 5.46. The molecule has 0 saturated carbocycles. The predicted octanol–water partition coefficient (Wildman–Crippen LogP) is 4.17. The van der Waals surface area contributed by atoms with Crippen molar-refractivity contribution < 1.29 is 4.79 Å². The van der Waals surface area contributed by atoms with E-state index in [0.29, 0.717) is 11.0 Å². The number of carbonyl (C=O) groups excluding carboxylic acids is 1. The number of amides is 2. The average molecular weight is 301 g/mol.